The van der Waals surface area contributed by atoms with Crippen molar-refractivity contribution in [3.8, 4) is 0 Å². The minimum atomic E-state index is 0.386. The van der Waals surface area contributed by atoms with Crippen molar-refractivity contribution in [3.05, 3.63) is 17.4 Å². The van der Waals surface area contributed by atoms with Gasteiger partial charge >= 0.3 is 0 Å². The third-order valence-electron chi connectivity index (χ3n) is 7.47. The average molecular weight is 467 g/mol. The minimum Gasteiger partial charge on any atom is -0.381 e. The Kier molecular flexibility index (Phi) is 8.66. The Hall–Kier alpha value is -0.690. The van der Waals surface area contributed by atoms with Gasteiger partial charge in [0.1, 0.15) is 0 Å². The molecule has 0 spiro atoms. The predicted octanol–water partition coefficient (Wildman–Crippen LogP) is 5.13. The van der Waals surface area contributed by atoms with Crippen LogP contribution in [0.1, 0.15) is 52.4 Å². The van der Waals surface area contributed by atoms with Crippen LogP contribution in [0.3, 0.4) is 0 Å². The molecule has 1 aliphatic carbocycles. The maximum atomic E-state index is 6.13. The Morgan fingerprint density at radius 2 is 1.84 bits per heavy atom. The molecule has 3 fully saturated rings. The third kappa shape index (κ3) is 6.43. The molecule has 0 radical (unpaired) electrons. The molecule has 1 aromatic rings. The lowest BCUT2D eigenvalue weighted by atomic mass is 9.90. The summed E-state index contributed by atoms with van der Waals surface area (Å²) in [5.41, 5.74) is 0. The van der Waals surface area contributed by atoms with Gasteiger partial charge in [-0.15, -0.1) is 10.7 Å². The molecular formula is C24H39ClN4OS. The van der Waals surface area contributed by atoms with Crippen LogP contribution in [0.25, 0.3) is 0 Å². The van der Waals surface area contributed by atoms with E-state index in [1.54, 1.807) is 12.4 Å². The molecule has 7 heteroatoms. The lowest BCUT2D eigenvalue weighted by molar-refractivity contribution is 0.0755. The van der Waals surface area contributed by atoms with Gasteiger partial charge in [-0.25, -0.2) is 9.97 Å². The molecule has 174 valence electrons. The largest absolute Gasteiger partial charge is 0.381 e. The molecule has 31 heavy (non-hydrogen) atoms. The van der Waals surface area contributed by atoms with Crippen molar-refractivity contribution in [1.82, 2.24) is 14.3 Å². The van der Waals surface area contributed by atoms with Crippen molar-refractivity contribution >= 4 is 33.6 Å². The van der Waals surface area contributed by atoms with E-state index in [1.165, 1.54) is 57.4 Å². The van der Waals surface area contributed by atoms with Crippen LogP contribution in [-0.4, -0.2) is 64.8 Å². The van der Waals surface area contributed by atoms with E-state index in [4.69, 9.17) is 16.3 Å². The van der Waals surface area contributed by atoms with Gasteiger partial charge in [-0.2, -0.15) is 0 Å². The van der Waals surface area contributed by atoms with Crippen LogP contribution in [0.15, 0.2) is 12.4 Å². The highest BCUT2D eigenvalue weighted by molar-refractivity contribution is 8.12. The first-order valence-corrected chi connectivity index (χ1v) is 14.0. The second kappa shape index (κ2) is 11.4. The molecule has 4 rings (SSSR count). The zero-order chi connectivity index (χ0) is 21.6. The van der Waals surface area contributed by atoms with E-state index in [1.807, 2.05) is 0 Å². The van der Waals surface area contributed by atoms with Crippen molar-refractivity contribution < 1.29 is 4.74 Å². The summed E-state index contributed by atoms with van der Waals surface area (Å²) in [5.74, 6) is 5.56. The molecule has 2 aliphatic heterocycles. The van der Waals surface area contributed by atoms with Crippen molar-refractivity contribution in [2.24, 2.45) is 23.7 Å². The Morgan fingerprint density at radius 1 is 1.13 bits per heavy atom. The number of aromatic nitrogens is 2. The monoisotopic (exact) mass is 466 g/mol. The lowest BCUT2D eigenvalue weighted by Crippen LogP contribution is -2.35. The van der Waals surface area contributed by atoms with E-state index in [-0.39, 0.29) is 0 Å². The summed E-state index contributed by atoms with van der Waals surface area (Å²) in [4.78, 5) is 11.1. The number of anilines is 1. The molecule has 1 aromatic heterocycles. The predicted molar refractivity (Wildman–Crippen MR) is 133 cm³/mol. The number of halogens is 1. The quantitative estimate of drug-likeness (QED) is 0.373. The molecule has 3 heterocycles. The maximum absolute atomic E-state index is 6.13. The SMILES string of the molecule is C/C=S(\CC)N1CCC(COCC[C@@H]2C[C@@H]2C2CCN(c3ncc(Cl)cn3)CC2)CC1. The first-order chi connectivity index (χ1) is 15.2. The summed E-state index contributed by atoms with van der Waals surface area (Å²) in [6, 6.07) is 0. The topological polar surface area (TPSA) is 41.5 Å². The van der Waals surface area contributed by atoms with Gasteiger partial charge in [0.2, 0.25) is 5.95 Å². The van der Waals surface area contributed by atoms with E-state index in [0.717, 1.165) is 55.9 Å². The van der Waals surface area contributed by atoms with Crippen LogP contribution in [0.5, 0.6) is 0 Å². The Labute approximate surface area is 196 Å². The normalized spacial score (nSPS) is 27.0. The molecule has 0 amide bonds. The first-order valence-electron chi connectivity index (χ1n) is 12.2. The Morgan fingerprint density at radius 3 is 2.48 bits per heavy atom. The minimum absolute atomic E-state index is 0.386. The molecule has 0 aromatic carbocycles. The smallest absolute Gasteiger partial charge is 0.225 e. The highest BCUT2D eigenvalue weighted by Gasteiger charge is 2.43. The zero-order valence-corrected chi connectivity index (χ0v) is 20.8. The van der Waals surface area contributed by atoms with Gasteiger partial charge in [0.05, 0.1) is 17.4 Å². The number of ether oxygens (including phenoxy) is 1. The van der Waals surface area contributed by atoms with Gasteiger partial charge in [-0.3, -0.25) is 4.31 Å². The van der Waals surface area contributed by atoms with Crippen LogP contribution in [0.4, 0.5) is 5.95 Å². The molecule has 1 saturated carbocycles. The van der Waals surface area contributed by atoms with Crippen molar-refractivity contribution in [2.75, 3.05) is 50.0 Å². The third-order valence-corrected chi connectivity index (χ3v) is 9.83. The number of rotatable bonds is 9. The van der Waals surface area contributed by atoms with Crippen LogP contribution in [0, 0.1) is 23.7 Å². The highest BCUT2D eigenvalue weighted by Crippen LogP contribution is 2.49. The average Bonchev–Trinajstić information content (AvgIpc) is 3.59. The number of hydrogen-bond acceptors (Lipinski definition) is 5. The number of piperidine rings is 2. The fraction of sp³-hybridized carbons (Fsp3) is 0.792. The summed E-state index contributed by atoms with van der Waals surface area (Å²) in [5, 5.41) is 2.99. The van der Waals surface area contributed by atoms with Crippen LogP contribution in [0.2, 0.25) is 5.02 Å². The van der Waals surface area contributed by atoms with Crippen molar-refractivity contribution in [3.63, 3.8) is 0 Å². The fourth-order valence-corrected chi connectivity index (χ4v) is 7.24. The molecule has 0 N–H and O–H groups in total. The van der Waals surface area contributed by atoms with E-state index >= 15 is 0 Å². The second-order valence-corrected chi connectivity index (χ2v) is 12.2. The van der Waals surface area contributed by atoms with Gasteiger partial charge in [-0.1, -0.05) is 23.9 Å². The first kappa shape index (κ1) is 23.5. The summed E-state index contributed by atoms with van der Waals surface area (Å²) in [6.07, 6.45) is 11.2. The maximum Gasteiger partial charge on any atom is 0.225 e. The Balaban J connectivity index is 1.07. The zero-order valence-electron chi connectivity index (χ0n) is 19.2. The van der Waals surface area contributed by atoms with Gasteiger partial charge in [0.25, 0.3) is 0 Å². The van der Waals surface area contributed by atoms with Crippen LogP contribution >= 0.6 is 22.3 Å². The van der Waals surface area contributed by atoms with Gasteiger partial charge in [-0.05, 0) is 74.9 Å². The molecule has 2 saturated heterocycles. The van der Waals surface area contributed by atoms with E-state index in [2.05, 4.69) is 38.4 Å². The van der Waals surface area contributed by atoms with E-state index in [9.17, 15) is 0 Å². The lowest BCUT2D eigenvalue weighted by Gasteiger charge is -2.33. The molecule has 0 bridgehead atoms. The summed E-state index contributed by atoms with van der Waals surface area (Å²) >= 11 is 5.91. The van der Waals surface area contributed by atoms with E-state index in [0.29, 0.717) is 15.7 Å². The fourth-order valence-electron chi connectivity index (χ4n) is 5.47. The van der Waals surface area contributed by atoms with Crippen molar-refractivity contribution in [1.29, 1.82) is 0 Å². The van der Waals surface area contributed by atoms with Gasteiger partial charge in [0.15, 0.2) is 0 Å². The van der Waals surface area contributed by atoms with Gasteiger partial charge in [0, 0.05) is 39.4 Å². The molecular weight excluding hydrogens is 428 g/mol. The second-order valence-electron chi connectivity index (χ2n) is 9.35. The highest BCUT2D eigenvalue weighted by atomic mass is 35.5. The summed E-state index contributed by atoms with van der Waals surface area (Å²) in [7, 11) is 0.386. The van der Waals surface area contributed by atoms with Gasteiger partial charge < -0.3 is 9.64 Å². The van der Waals surface area contributed by atoms with E-state index < -0.39 is 0 Å². The van der Waals surface area contributed by atoms with Crippen LogP contribution in [-0.2, 0) is 4.74 Å². The van der Waals surface area contributed by atoms with Crippen molar-refractivity contribution in [2.45, 2.75) is 52.4 Å². The number of hydrogen-bond donors (Lipinski definition) is 0. The summed E-state index contributed by atoms with van der Waals surface area (Å²) in [6.45, 7) is 11.1. The Bertz CT molecular complexity index is 715. The number of nitrogens with zero attached hydrogens (tertiary/aromatic N) is 4. The summed E-state index contributed by atoms with van der Waals surface area (Å²) < 4.78 is 8.81. The van der Waals surface area contributed by atoms with Crippen LogP contribution < -0.4 is 4.90 Å². The molecule has 3 atom stereocenters. The molecule has 1 unspecified atom stereocenters. The molecule has 3 aliphatic rings. The molecule has 5 nitrogen and oxygen atoms in total. The standard InChI is InChI=1S/C24H39ClN4OS/c1-3-31(4-2)29-12-5-19(6-13-29)18-30-14-9-21-15-23(21)20-7-10-28(11-8-20)24-26-16-22(25)17-27-24/h3,16-17,19-21,23H,4-15,18H2,1-2H3/t21-,23-,31?/m1/s1.